The van der Waals surface area contributed by atoms with Gasteiger partial charge < -0.3 is 4.74 Å². The molecule has 0 N–H and O–H groups in total. The zero-order valence-corrected chi connectivity index (χ0v) is 13.3. The average Bonchev–Trinajstić information content (AvgIpc) is 2.84. The smallest absolute Gasteiger partial charge is 0.0967 e. The van der Waals surface area contributed by atoms with Crippen molar-refractivity contribution < 1.29 is 4.74 Å². The van der Waals surface area contributed by atoms with Gasteiger partial charge in [-0.15, -0.1) is 11.3 Å². The number of rotatable bonds is 3. The summed E-state index contributed by atoms with van der Waals surface area (Å²) in [6.45, 7) is 2.99. The second kappa shape index (κ2) is 6.30. The van der Waals surface area contributed by atoms with E-state index in [1.54, 1.807) is 11.3 Å². The van der Waals surface area contributed by atoms with E-state index < -0.39 is 0 Å². The SMILES string of the molecule is Cc1ccc(Cc2cc(C3CCCCO3)sc2Cl)cc1. The van der Waals surface area contributed by atoms with Crippen LogP contribution in [0.15, 0.2) is 30.3 Å². The summed E-state index contributed by atoms with van der Waals surface area (Å²) in [6.07, 6.45) is 4.74. The molecule has 0 aliphatic carbocycles. The molecule has 1 aromatic heterocycles. The normalized spacial score (nSPS) is 19.2. The van der Waals surface area contributed by atoms with Crippen LogP contribution in [0, 0.1) is 6.92 Å². The lowest BCUT2D eigenvalue weighted by molar-refractivity contribution is 0.0172. The predicted octanol–water partition coefficient (Wildman–Crippen LogP) is 5.54. The highest BCUT2D eigenvalue weighted by atomic mass is 35.5. The molecule has 0 saturated carbocycles. The van der Waals surface area contributed by atoms with Crippen LogP contribution in [0.5, 0.6) is 0 Å². The fourth-order valence-electron chi connectivity index (χ4n) is 2.60. The maximum absolute atomic E-state index is 6.41. The van der Waals surface area contributed by atoms with Gasteiger partial charge in [0.2, 0.25) is 0 Å². The third kappa shape index (κ3) is 3.25. The summed E-state index contributed by atoms with van der Waals surface area (Å²) in [5.74, 6) is 0. The largest absolute Gasteiger partial charge is 0.373 e. The zero-order valence-electron chi connectivity index (χ0n) is 11.7. The van der Waals surface area contributed by atoms with E-state index in [1.165, 1.54) is 34.4 Å². The van der Waals surface area contributed by atoms with E-state index in [-0.39, 0.29) is 6.10 Å². The fraction of sp³-hybridized carbons (Fsp3) is 0.412. The number of thiophene rings is 1. The van der Waals surface area contributed by atoms with Crippen LogP contribution in [0.3, 0.4) is 0 Å². The van der Waals surface area contributed by atoms with Crippen LogP contribution in [0.1, 0.15) is 46.9 Å². The number of halogens is 1. The van der Waals surface area contributed by atoms with Gasteiger partial charge in [0.15, 0.2) is 0 Å². The van der Waals surface area contributed by atoms with Gasteiger partial charge >= 0.3 is 0 Å². The van der Waals surface area contributed by atoms with Gasteiger partial charge in [-0.05, 0) is 49.8 Å². The van der Waals surface area contributed by atoms with Crippen LogP contribution in [0.25, 0.3) is 0 Å². The van der Waals surface area contributed by atoms with Crippen molar-refractivity contribution in [1.29, 1.82) is 0 Å². The maximum atomic E-state index is 6.41. The summed E-state index contributed by atoms with van der Waals surface area (Å²) in [5.41, 5.74) is 3.83. The third-order valence-electron chi connectivity index (χ3n) is 3.79. The molecule has 1 fully saturated rings. The van der Waals surface area contributed by atoms with Gasteiger partial charge in [-0.3, -0.25) is 0 Å². The van der Waals surface area contributed by atoms with Crippen molar-refractivity contribution in [2.24, 2.45) is 0 Å². The molecule has 1 saturated heterocycles. The first-order valence-corrected chi connectivity index (χ1v) is 8.37. The van der Waals surface area contributed by atoms with Crippen molar-refractivity contribution in [3.05, 3.63) is 56.2 Å². The number of aryl methyl sites for hydroxylation is 1. The van der Waals surface area contributed by atoms with Crippen molar-refractivity contribution in [1.82, 2.24) is 0 Å². The fourth-order valence-corrected chi connectivity index (χ4v) is 3.97. The first-order valence-electron chi connectivity index (χ1n) is 7.17. The minimum Gasteiger partial charge on any atom is -0.373 e. The highest BCUT2D eigenvalue weighted by molar-refractivity contribution is 7.16. The maximum Gasteiger partial charge on any atom is 0.0967 e. The van der Waals surface area contributed by atoms with Gasteiger partial charge in [-0.25, -0.2) is 0 Å². The molecule has 1 nitrogen and oxygen atoms in total. The molecule has 1 aromatic carbocycles. The molecule has 106 valence electrons. The van der Waals surface area contributed by atoms with Crippen molar-refractivity contribution in [3.8, 4) is 0 Å². The number of benzene rings is 1. The van der Waals surface area contributed by atoms with Gasteiger partial charge in [0.05, 0.1) is 10.4 Å². The third-order valence-corrected chi connectivity index (χ3v) is 5.32. The second-order valence-corrected chi connectivity index (χ2v) is 7.15. The molecule has 1 atom stereocenters. The van der Waals surface area contributed by atoms with E-state index in [2.05, 4.69) is 37.3 Å². The molecular weight excluding hydrogens is 288 g/mol. The average molecular weight is 307 g/mol. The lowest BCUT2D eigenvalue weighted by Gasteiger charge is -2.21. The van der Waals surface area contributed by atoms with Crippen LogP contribution >= 0.6 is 22.9 Å². The van der Waals surface area contributed by atoms with E-state index in [1.807, 2.05) is 0 Å². The Balaban J connectivity index is 1.76. The van der Waals surface area contributed by atoms with Gasteiger partial charge in [-0.1, -0.05) is 41.4 Å². The summed E-state index contributed by atoms with van der Waals surface area (Å²) >= 11 is 8.09. The minimum atomic E-state index is 0.262. The second-order valence-electron chi connectivity index (χ2n) is 5.47. The topological polar surface area (TPSA) is 9.23 Å². The lowest BCUT2D eigenvalue weighted by Crippen LogP contribution is -2.10. The summed E-state index contributed by atoms with van der Waals surface area (Å²) in [5, 5.41) is 0. The summed E-state index contributed by atoms with van der Waals surface area (Å²) < 4.78 is 6.76. The summed E-state index contributed by atoms with van der Waals surface area (Å²) in [4.78, 5) is 1.29. The molecule has 2 heterocycles. The molecule has 0 bridgehead atoms. The highest BCUT2D eigenvalue weighted by Crippen LogP contribution is 2.37. The van der Waals surface area contributed by atoms with Gasteiger partial charge in [0.25, 0.3) is 0 Å². The van der Waals surface area contributed by atoms with Crippen LogP contribution in [0.2, 0.25) is 4.34 Å². The first-order chi connectivity index (χ1) is 9.72. The Morgan fingerprint density at radius 3 is 2.75 bits per heavy atom. The van der Waals surface area contributed by atoms with Crippen molar-refractivity contribution in [2.45, 2.75) is 38.7 Å². The van der Waals surface area contributed by atoms with Crippen LogP contribution < -0.4 is 0 Å². The van der Waals surface area contributed by atoms with Crippen LogP contribution in [0.4, 0.5) is 0 Å². The van der Waals surface area contributed by atoms with E-state index in [4.69, 9.17) is 16.3 Å². The molecule has 0 spiro atoms. The molecule has 2 aromatic rings. The van der Waals surface area contributed by atoms with Crippen molar-refractivity contribution in [2.75, 3.05) is 6.61 Å². The van der Waals surface area contributed by atoms with Gasteiger partial charge in [-0.2, -0.15) is 0 Å². The molecule has 1 aliphatic rings. The molecule has 3 rings (SSSR count). The van der Waals surface area contributed by atoms with Gasteiger partial charge in [0, 0.05) is 11.5 Å². The minimum absolute atomic E-state index is 0.262. The lowest BCUT2D eigenvalue weighted by atomic mass is 10.0. The Hall–Kier alpha value is -0.830. The molecule has 0 amide bonds. The molecule has 0 radical (unpaired) electrons. The Labute approximate surface area is 129 Å². The van der Waals surface area contributed by atoms with E-state index in [0.29, 0.717) is 0 Å². The number of hydrogen-bond acceptors (Lipinski definition) is 2. The molecule has 3 heteroatoms. The van der Waals surface area contributed by atoms with Crippen molar-refractivity contribution >= 4 is 22.9 Å². The Kier molecular flexibility index (Phi) is 4.45. The zero-order chi connectivity index (χ0) is 13.9. The van der Waals surface area contributed by atoms with Crippen molar-refractivity contribution in [3.63, 3.8) is 0 Å². The van der Waals surface area contributed by atoms with Gasteiger partial charge in [0.1, 0.15) is 0 Å². The Morgan fingerprint density at radius 1 is 1.25 bits per heavy atom. The highest BCUT2D eigenvalue weighted by Gasteiger charge is 2.20. The summed E-state index contributed by atoms with van der Waals surface area (Å²) in [6, 6.07) is 10.9. The van der Waals surface area contributed by atoms with E-state index >= 15 is 0 Å². The first kappa shape index (κ1) is 14.1. The Morgan fingerprint density at radius 2 is 2.05 bits per heavy atom. The quantitative estimate of drug-likeness (QED) is 0.723. The number of ether oxygens (including phenoxy) is 1. The van der Waals surface area contributed by atoms with E-state index in [9.17, 15) is 0 Å². The molecule has 1 unspecified atom stereocenters. The summed E-state index contributed by atoms with van der Waals surface area (Å²) in [7, 11) is 0. The molecular formula is C17H19ClOS. The standard InChI is InChI=1S/C17H19ClOS/c1-12-5-7-13(8-6-12)10-14-11-16(20-17(14)18)15-4-2-3-9-19-15/h5-8,11,15H,2-4,9-10H2,1H3. The number of hydrogen-bond donors (Lipinski definition) is 0. The monoisotopic (exact) mass is 306 g/mol. The van der Waals surface area contributed by atoms with Crippen LogP contribution in [-0.4, -0.2) is 6.61 Å². The predicted molar refractivity (Wildman–Crippen MR) is 85.9 cm³/mol. The van der Waals surface area contributed by atoms with E-state index in [0.717, 1.165) is 23.8 Å². The van der Waals surface area contributed by atoms with Crippen LogP contribution in [-0.2, 0) is 11.2 Å². The Bertz CT molecular complexity index is 567. The molecule has 20 heavy (non-hydrogen) atoms. The molecule has 1 aliphatic heterocycles.